The number of hydrogen-bond acceptors (Lipinski definition) is 2. The lowest BCUT2D eigenvalue weighted by atomic mass is 9.67. The molecule has 1 saturated carbocycles. The van der Waals surface area contributed by atoms with E-state index in [9.17, 15) is 5.26 Å². The predicted molar refractivity (Wildman–Crippen MR) is 91.0 cm³/mol. The lowest BCUT2D eigenvalue weighted by Crippen LogP contribution is -2.30. The van der Waals surface area contributed by atoms with Gasteiger partial charge in [0.15, 0.2) is 0 Å². The zero-order chi connectivity index (χ0) is 15.8. The molecule has 0 amide bonds. The van der Waals surface area contributed by atoms with E-state index in [1.807, 2.05) is 12.1 Å². The Hall–Kier alpha value is -1.49. The molecule has 2 heteroatoms. The molecule has 0 spiro atoms. The number of nitrogens with zero attached hydrogens (tertiary/aromatic N) is 1. The van der Waals surface area contributed by atoms with Gasteiger partial charge in [-0.1, -0.05) is 51.2 Å². The summed E-state index contributed by atoms with van der Waals surface area (Å²) in [7, 11) is 1.68. The molecular weight excluding hydrogens is 270 g/mol. The van der Waals surface area contributed by atoms with Gasteiger partial charge in [-0.2, -0.15) is 5.26 Å². The highest BCUT2D eigenvalue weighted by atomic mass is 16.5. The number of ether oxygens (including phenoxy) is 1. The minimum absolute atomic E-state index is 0.272. The van der Waals surface area contributed by atoms with E-state index in [1.54, 1.807) is 7.11 Å². The molecule has 0 atom stereocenters. The number of hydrogen-bond donors (Lipinski definition) is 0. The zero-order valence-corrected chi connectivity index (χ0v) is 14.1. The van der Waals surface area contributed by atoms with Crippen LogP contribution in [-0.4, -0.2) is 7.11 Å². The van der Waals surface area contributed by atoms with Gasteiger partial charge in [-0.3, -0.25) is 0 Å². The molecule has 22 heavy (non-hydrogen) atoms. The minimum Gasteiger partial charge on any atom is -0.497 e. The Balaban J connectivity index is 1.92. The second-order valence-electron chi connectivity index (χ2n) is 6.72. The van der Waals surface area contributed by atoms with Crippen molar-refractivity contribution in [3.05, 3.63) is 29.8 Å². The second-order valence-corrected chi connectivity index (χ2v) is 6.72. The van der Waals surface area contributed by atoms with Crippen LogP contribution in [0.25, 0.3) is 0 Å². The Bertz CT molecular complexity index is 477. The van der Waals surface area contributed by atoms with Crippen molar-refractivity contribution in [1.82, 2.24) is 0 Å². The second kappa shape index (κ2) is 8.22. The summed E-state index contributed by atoms with van der Waals surface area (Å²) in [5.74, 6) is 1.69. The molecule has 1 aliphatic carbocycles. The standard InChI is InChI=1S/C20H29NO/c1-3-4-5-6-7-17-12-14-20(16-21,15-13-17)18-8-10-19(22-2)11-9-18/h8-11,17H,3-7,12-15H2,1-2H3/t17-,20+. The van der Waals surface area contributed by atoms with E-state index in [1.165, 1.54) is 50.5 Å². The Morgan fingerprint density at radius 3 is 2.36 bits per heavy atom. The van der Waals surface area contributed by atoms with E-state index in [-0.39, 0.29) is 5.41 Å². The number of rotatable bonds is 7. The number of unbranched alkanes of at least 4 members (excludes halogenated alkanes) is 3. The third-order valence-corrected chi connectivity index (χ3v) is 5.28. The topological polar surface area (TPSA) is 33.0 Å². The molecule has 0 aliphatic heterocycles. The van der Waals surface area contributed by atoms with Gasteiger partial charge >= 0.3 is 0 Å². The van der Waals surface area contributed by atoms with E-state index in [0.29, 0.717) is 0 Å². The molecule has 2 rings (SSSR count). The number of nitriles is 1. The summed E-state index contributed by atoms with van der Waals surface area (Å²) in [5, 5.41) is 9.77. The predicted octanol–water partition coefficient (Wildman–Crippen LogP) is 5.62. The molecule has 0 bridgehead atoms. The monoisotopic (exact) mass is 299 g/mol. The molecule has 0 N–H and O–H groups in total. The summed E-state index contributed by atoms with van der Waals surface area (Å²) in [4.78, 5) is 0. The third-order valence-electron chi connectivity index (χ3n) is 5.28. The summed E-state index contributed by atoms with van der Waals surface area (Å²) in [6.07, 6.45) is 11.2. The molecule has 2 nitrogen and oxygen atoms in total. The highest BCUT2D eigenvalue weighted by Gasteiger charge is 2.36. The normalized spacial score (nSPS) is 24.7. The molecule has 1 fully saturated rings. The summed E-state index contributed by atoms with van der Waals surface area (Å²) < 4.78 is 5.22. The maximum atomic E-state index is 9.77. The van der Waals surface area contributed by atoms with Crippen molar-refractivity contribution in [2.45, 2.75) is 70.1 Å². The van der Waals surface area contributed by atoms with Crippen molar-refractivity contribution in [2.75, 3.05) is 7.11 Å². The Kier molecular flexibility index (Phi) is 6.31. The van der Waals surface area contributed by atoms with Crippen molar-refractivity contribution >= 4 is 0 Å². The molecule has 0 heterocycles. The van der Waals surface area contributed by atoms with E-state index >= 15 is 0 Å². The molecule has 0 radical (unpaired) electrons. The van der Waals surface area contributed by atoms with Crippen molar-refractivity contribution in [3.8, 4) is 11.8 Å². The lowest BCUT2D eigenvalue weighted by Gasteiger charge is -2.35. The highest BCUT2D eigenvalue weighted by molar-refractivity contribution is 5.37. The van der Waals surface area contributed by atoms with Gasteiger partial charge < -0.3 is 4.74 Å². The van der Waals surface area contributed by atoms with Crippen LogP contribution >= 0.6 is 0 Å². The summed E-state index contributed by atoms with van der Waals surface area (Å²) in [5.41, 5.74) is 0.895. The molecule has 120 valence electrons. The van der Waals surface area contributed by atoms with Crippen LogP contribution in [0.15, 0.2) is 24.3 Å². The van der Waals surface area contributed by atoms with Crippen LogP contribution in [0, 0.1) is 17.2 Å². The first-order chi connectivity index (χ1) is 10.7. The summed E-state index contributed by atoms with van der Waals surface area (Å²) in [6.45, 7) is 2.26. The molecule has 1 aromatic rings. The van der Waals surface area contributed by atoms with Crippen LogP contribution in [0.1, 0.15) is 70.3 Å². The lowest BCUT2D eigenvalue weighted by molar-refractivity contribution is 0.261. The molecule has 1 aliphatic rings. The number of methoxy groups -OCH3 is 1. The fraction of sp³-hybridized carbons (Fsp3) is 0.650. The first-order valence-electron chi connectivity index (χ1n) is 8.80. The fourth-order valence-corrected chi connectivity index (χ4v) is 3.69. The van der Waals surface area contributed by atoms with Gasteiger partial charge in [0.2, 0.25) is 0 Å². The molecule has 0 saturated heterocycles. The Labute approximate surface area is 135 Å². The van der Waals surface area contributed by atoms with Crippen molar-refractivity contribution < 1.29 is 4.74 Å². The molecule has 0 aromatic heterocycles. The molecule has 1 aromatic carbocycles. The van der Waals surface area contributed by atoms with Gasteiger partial charge in [-0.25, -0.2) is 0 Å². The smallest absolute Gasteiger partial charge is 0.118 e. The van der Waals surface area contributed by atoms with E-state index in [0.717, 1.165) is 24.5 Å². The van der Waals surface area contributed by atoms with Gasteiger partial charge in [0.05, 0.1) is 18.6 Å². The average molecular weight is 299 g/mol. The van der Waals surface area contributed by atoms with Gasteiger partial charge in [0.1, 0.15) is 5.75 Å². The first-order valence-corrected chi connectivity index (χ1v) is 8.80. The minimum atomic E-state index is -0.272. The summed E-state index contributed by atoms with van der Waals surface area (Å²) in [6, 6.07) is 10.7. The Morgan fingerprint density at radius 2 is 1.82 bits per heavy atom. The average Bonchev–Trinajstić information content (AvgIpc) is 2.59. The summed E-state index contributed by atoms with van der Waals surface area (Å²) >= 11 is 0. The van der Waals surface area contributed by atoms with Gasteiger partial charge in [0, 0.05) is 0 Å². The fourth-order valence-electron chi connectivity index (χ4n) is 3.69. The zero-order valence-electron chi connectivity index (χ0n) is 14.1. The SMILES string of the molecule is CCCCCC[C@H]1CC[C@@](C#N)(c2ccc(OC)cc2)CC1. The van der Waals surface area contributed by atoms with Crippen LogP contribution in [0.2, 0.25) is 0 Å². The Morgan fingerprint density at radius 1 is 1.14 bits per heavy atom. The quantitative estimate of drug-likeness (QED) is 0.612. The number of benzene rings is 1. The molecule has 0 unspecified atom stereocenters. The van der Waals surface area contributed by atoms with Crippen molar-refractivity contribution in [2.24, 2.45) is 5.92 Å². The van der Waals surface area contributed by atoms with Gasteiger partial charge in [-0.05, 0) is 49.3 Å². The maximum absolute atomic E-state index is 9.77. The van der Waals surface area contributed by atoms with Crippen molar-refractivity contribution in [3.63, 3.8) is 0 Å². The van der Waals surface area contributed by atoms with Gasteiger partial charge in [0.25, 0.3) is 0 Å². The maximum Gasteiger partial charge on any atom is 0.118 e. The molecular formula is C20H29NO. The van der Waals surface area contributed by atoms with Crippen LogP contribution in [0.4, 0.5) is 0 Å². The van der Waals surface area contributed by atoms with Crippen LogP contribution in [0.5, 0.6) is 5.75 Å². The van der Waals surface area contributed by atoms with E-state index < -0.39 is 0 Å². The van der Waals surface area contributed by atoms with Crippen LogP contribution in [-0.2, 0) is 5.41 Å². The van der Waals surface area contributed by atoms with E-state index in [4.69, 9.17) is 4.74 Å². The van der Waals surface area contributed by atoms with Crippen LogP contribution < -0.4 is 4.74 Å². The highest BCUT2D eigenvalue weighted by Crippen LogP contribution is 2.42. The van der Waals surface area contributed by atoms with Crippen LogP contribution in [0.3, 0.4) is 0 Å². The van der Waals surface area contributed by atoms with E-state index in [2.05, 4.69) is 25.1 Å². The largest absolute Gasteiger partial charge is 0.497 e. The first kappa shape index (κ1) is 16.9. The third kappa shape index (κ3) is 4.03. The van der Waals surface area contributed by atoms with Crippen molar-refractivity contribution in [1.29, 1.82) is 5.26 Å². The van der Waals surface area contributed by atoms with Gasteiger partial charge in [-0.15, -0.1) is 0 Å².